The molecule has 1 atom stereocenters. The van der Waals surface area contributed by atoms with Gasteiger partial charge in [-0.1, -0.05) is 12.1 Å². The van der Waals surface area contributed by atoms with Crippen molar-refractivity contribution in [3.8, 4) is 23.1 Å². The van der Waals surface area contributed by atoms with Gasteiger partial charge in [0.15, 0.2) is 0 Å². The van der Waals surface area contributed by atoms with E-state index in [4.69, 9.17) is 9.47 Å². The normalized spacial score (nSPS) is 11.9. The molecule has 28 heavy (non-hydrogen) atoms. The minimum Gasteiger partial charge on any atom is -0.480 e. The average molecular weight is 380 g/mol. The van der Waals surface area contributed by atoms with Crippen molar-refractivity contribution in [2.24, 2.45) is 0 Å². The molecule has 146 valence electrons. The molecule has 8 nitrogen and oxygen atoms in total. The summed E-state index contributed by atoms with van der Waals surface area (Å²) < 4.78 is 10.4. The maximum atomic E-state index is 5.36. The van der Waals surface area contributed by atoms with Gasteiger partial charge >= 0.3 is 6.01 Å². The van der Waals surface area contributed by atoms with Crippen LogP contribution in [0.2, 0.25) is 0 Å². The zero-order valence-electron chi connectivity index (χ0n) is 16.5. The summed E-state index contributed by atoms with van der Waals surface area (Å²) in [5.74, 6) is 1.17. The molecular formula is C20H24N6O2. The first-order chi connectivity index (χ1) is 13.6. The number of aromatic nitrogens is 4. The molecule has 0 radical (unpaired) electrons. The zero-order chi connectivity index (χ0) is 19.9. The number of nitrogens with one attached hydrogen (secondary N) is 1. The number of nitrogens with zero attached hydrogens (tertiary/aromatic N) is 5. The van der Waals surface area contributed by atoms with E-state index in [0.717, 1.165) is 11.4 Å². The molecule has 0 amide bonds. The van der Waals surface area contributed by atoms with E-state index in [0.29, 0.717) is 23.7 Å². The lowest BCUT2D eigenvalue weighted by Crippen LogP contribution is -2.27. The van der Waals surface area contributed by atoms with Gasteiger partial charge in [0.1, 0.15) is 5.82 Å². The largest absolute Gasteiger partial charge is 0.480 e. The molecule has 1 N–H and O–H groups in total. The Labute approximate surface area is 164 Å². The molecule has 0 saturated carbocycles. The SMILES string of the molecule is COc1ncc(-c2cccc(NCC(c3cccnc3)N(C)C)n2)c(OC)n1. The number of ether oxygens (including phenoxy) is 2. The van der Waals surface area contributed by atoms with Gasteiger partial charge in [-0.3, -0.25) is 4.98 Å². The maximum absolute atomic E-state index is 5.36. The molecular weight excluding hydrogens is 356 g/mol. The van der Waals surface area contributed by atoms with E-state index in [1.807, 2.05) is 44.6 Å². The molecule has 0 aliphatic heterocycles. The first-order valence-electron chi connectivity index (χ1n) is 8.85. The van der Waals surface area contributed by atoms with E-state index in [9.17, 15) is 0 Å². The Morgan fingerprint density at radius 3 is 2.57 bits per heavy atom. The summed E-state index contributed by atoms with van der Waals surface area (Å²) in [7, 11) is 7.16. The third-order valence-electron chi connectivity index (χ3n) is 4.30. The number of anilines is 1. The van der Waals surface area contributed by atoms with Crippen LogP contribution in [0.5, 0.6) is 11.9 Å². The fraction of sp³-hybridized carbons (Fsp3) is 0.300. The smallest absolute Gasteiger partial charge is 0.319 e. The summed E-state index contributed by atoms with van der Waals surface area (Å²) in [4.78, 5) is 19.4. The fourth-order valence-electron chi connectivity index (χ4n) is 2.84. The van der Waals surface area contributed by atoms with Gasteiger partial charge in [0.05, 0.1) is 31.5 Å². The molecule has 0 aliphatic carbocycles. The second kappa shape index (κ2) is 9.09. The van der Waals surface area contributed by atoms with Gasteiger partial charge in [-0.15, -0.1) is 0 Å². The van der Waals surface area contributed by atoms with Crippen molar-refractivity contribution < 1.29 is 9.47 Å². The van der Waals surface area contributed by atoms with Crippen LogP contribution in [0, 0.1) is 0 Å². The molecule has 3 aromatic rings. The first-order valence-corrected chi connectivity index (χ1v) is 8.85. The minimum atomic E-state index is 0.165. The molecule has 0 aromatic carbocycles. The Morgan fingerprint density at radius 1 is 1.04 bits per heavy atom. The summed E-state index contributed by atoms with van der Waals surface area (Å²) in [6.45, 7) is 0.686. The third-order valence-corrected chi connectivity index (χ3v) is 4.30. The van der Waals surface area contributed by atoms with E-state index >= 15 is 0 Å². The fourth-order valence-corrected chi connectivity index (χ4v) is 2.84. The summed E-state index contributed by atoms with van der Waals surface area (Å²) in [6.07, 6.45) is 5.31. The molecule has 3 heterocycles. The highest BCUT2D eigenvalue weighted by molar-refractivity contribution is 5.65. The van der Waals surface area contributed by atoms with Gasteiger partial charge in [0.2, 0.25) is 5.88 Å². The van der Waals surface area contributed by atoms with Gasteiger partial charge in [-0.05, 0) is 37.9 Å². The monoisotopic (exact) mass is 380 g/mol. The van der Waals surface area contributed by atoms with Gasteiger partial charge in [-0.2, -0.15) is 4.98 Å². The average Bonchev–Trinajstić information content (AvgIpc) is 2.74. The quantitative estimate of drug-likeness (QED) is 0.638. The van der Waals surface area contributed by atoms with Crippen LogP contribution in [0.4, 0.5) is 5.82 Å². The molecule has 1 unspecified atom stereocenters. The summed E-state index contributed by atoms with van der Waals surface area (Å²) >= 11 is 0. The lowest BCUT2D eigenvalue weighted by atomic mass is 10.1. The molecule has 0 bridgehead atoms. The minimum absolute atomic E-state index is 0.165. The number of hydrogen-bond donors (Lipinski definition) is 1. The molecule has 8 heteroatoms. The number of methoxy groups -OCH3 is 2. The van der Waals surface area contributed by atoms with Gasteiger partial charge in [-0.25, -0.2) is 9.97 Å². The van der Waals surface area contributed by atoms with Crippen LogP contribution in [0.15, 0.2) is 48.9 Å². The van der Waals surface area contributed by atoms with E-state index in [-0.39, 0.29) is 12.1 Å². The number of hydrogen-bond acceptors (Lipinski definition) is 8. The highest BCUT2D eigenvalue weighted by Crippen LogP contribution is 2.28. The van der Waals surface area contributed by atoms with E-state index in [1.165, 1.54) is 7.11 Å². The molecule has 0 fully saturated rings. The van der Waals surface area contributed by atoms with E-state index in [1.54, 1.807) is 19.5 Å². The number of rotatable bonds is 8. The highest BCUT2D eigenvalue weighted by atomic mass is 16.5. The van der Waals surface area contributed by atoms with Gasteiger partial charge in [0, 0.05) is 25.1 Å². The molecule has 0 aliphatic rings. The number of likely N-dealkylation sites (N-methyl/N-ethyl adjacent to an activating group) is 1. The maximum Gasteiger partial charge on any atom is 0.319 e. The van der Waals surface area contributed by atoms with E-state index < -0.39 is 0 Å². The lowest BCUT2D eigenvalue weighted by molar-refractivity contribution is 0.311. The van der Waals surface area contributed by atoms with Crippen molar-refractivity contribution in [2.75, 3.05) is 40.2 Å². The van der Waals surface area contributed by atoms with Crippen molar-refractivity contribution in [1.29, 1.82) is 0 Å². The third kappa shape index (κ3) is 4.52. The van der Waals surface area contributed by atoms with Crippen LogP contribution in [-0.4, -0.2) is 59.7 Å². The molecule has 0 saturated heterocycles. The standard InChI is InChI=1S/C20H24N6O2/c1-26(2)17(14-7-6-10-21-11-14)13-22-18-9-5-8-16(24-18)15-12-23-20(28-4)25-19(15)27-3/h5-12,17H,13H2,1-4H3,(H,22,24). The Hall–Kier alpha value is -3.26. The van der Waals surface area contributed by atoms with Gasteiger partial charge < -0.3 is 19.7 Å². The van der Waals surface area contributed by atoms with Gasteiger partial charge in [0.25, 0.3) is 0 Å². The van der Waals surface area contributed by atoms with Crippen molar-refractivity contribution >= 4 is 5.82 Å². The Kier molecular flexibility index (Phi) is 6.33. The first kappa shape index (κ1) is 19.5. The van der Waals surface area contributed by atoms with Crippen LogP contribution in [0.3, 0.4) is 0 Å². The van der Waals surface area contributed by atoms with Crippen LogP contribution in [0.25, 0.3) is 11.3 Å². The Morgan fingerprint density at radius 2 is 1.89 bits per heavy atom. The predicted molar refractivity (Wildman–Crippen MR) is 108 cm³/mol. The lowest BCUT2D eigenvalue weighted by Gasteiger charge is -2.25. The van der Waals surface area contributed by atoms with Crippen molar-refractivity contribution in [3.63, 3.8) is 0 Å². The predicted octanol–water partition coefficient (Wildman–Crippen LogP) is 2.67. The second-order valence-electron chi connectivity index (χ2n) is 6.33. The second-order valence-corrected chi connectivity index (χ2v) is 6.33. The highest BCUT2D eigenvalue weighted by Gasteiger charge is 2.15. The van der Waals surface area contributed by atoms with Crippen LogP contribution >= 0.6 is 0 Å². The van der Waals surface area contributed by atoms with Crippen LogP contribution in [0.1, 0.15) is 11.6 Å². The number of pyridine rings is 2. The van der Waals surface area contributed by atoms with Crippen molar-refractivity contribution in [3.05, 3.63) is 54.5 Å². The van der Waals surface area contributed by atoms with Crippen molar-refractivity contribution in [1.82, 2.24) is 24.8 Å². The summed E-state index contributed by atoms with van der Waals surface area (Å²) in [6, 6.07) is 10.2. The topological polar surface area (TPSA) is 85.3 Å². The molecule has 3 rings (SSSR count). The molecule has 3 aromatic heterocycles. The van der Waals surface area contributed by atoms with Crippen molar-refractivity contribution in [2.45, 2.75) is 6.04 Å². The van der Waals surface area contributed by atoms with Crippen LogP contribution < -0.4 is 14.8 Å². The molecule has 0 spiro atoms. The summed E-state index contributed by atoms with van der Waals surface area (Å²) in [5, 5.41) is 3.41. The Bertz CT molecular complexity index is 904. The Balaban J connectivity index is 1.80. The zero-order valence-corrected chi connectivity index (χ0v) is 16.5. The summed E-state index contributed by atoms with van der Waals surface area (Å²) in [5.41, 5.74) is 2.55. The van der Waals surface area contributed by atoms with Crippen LogP contribution in [-0.2, 0) is 0 Å². The van der Waals surface area contributed by atoms with E-state index in [2.05, 4.69) is 36.2 Å².